The minimum atomic E-state index is -2.82. The molecule has 130 valence electrons. The second-order valence-electron chi connectivity index (χ2n) is 5.54. The van der Waals surface area contributed by atoms with E-state index in [-0.39, 0.29) is 5.75 Å². The molecule has 0 radical (unpaired) electrons. The van der Waals surface area contributed by atoms with E-state index in [0.29, 0.717) is 13.1 Å². The number of benzene rings is 1. The lowest BCUT2D eigenvalue weighted by atomic mass is 10.1. The summed E-state index contributed by atoms with van der Waals surface area (Å²) in [6.07, 6.45) is 5.42. The average Bonchev–Trinajstić information content (AvgIpc) is 2.96. The maximum atomic E-state index is 12.3. The van der Waals surface area contributed by atoms with Gasteiger partial charge in [0.1, 0.15) is 5.75 Å². The number of ether oxygens (including phenoxy) is 1. The molecule has 2 heterocycles. The van der Waals surface area contributed by atoms with E-state index in [2.05, 4.69) is 20.1 Å². The Labute approximate surface area is 144 Å². The van der Waals surface area contributed by atoms with Gasteiger partial charge < -0.3 is 10.1 Å². The highest BCUT2D eigenvalue weighted by molar-refractivity contribution is 5.61. The number of alkyl halides is 2. The molecular weight excluding hydrogens is 326 g/mol. The summed E-state index contributed by atoms with van der Waals surface area (Å²) in [7, 11) is 1.87. The fourth-order valence-corrected chi connectivity index (χ4v) is 2.59. The van der Waals surface area contributed by atoms with Crippen LogP contribution in [0.3, 0.4) is 0 Å². The normalized spacial score (nSPS) is 11.0. The van der Waals surface area contributed by atoms with Gasteiger partial charge in [0.05, 0.1) is 5.69 Å². The molecule has 0 unspecified atom stereocenters. The van der Waals surface area contributed by atoms with Crippen LogP contribution in [-0.2, 0) is 20.1 Å². The zero-order chi connectivity index (χ0) is 17.6. The van der Waals surface area contributed by atoms with Crippen LogP contribution in [0.2, 0.25) is 0 Å². The molecular formula is C18H18F2N4O. The first-order chi connectivity index (χ1) is 12.1. The van der Waals surface area contributed by atoms with Crippen LogP contribution in [0.4, 0.5) is 8.78 Å². The summed E-state index contributed by atoms with van der Waals surface area (Å²) >= 11 is 0. The van der Waals surface area contributed by atoms with Crippen LogP contribution in [0.1, 0.15) is 11.1 Å². The Bertz CT molecular complexity index is 821. The van der Waals surface area contributed by atoms with Crippen LogP contribution in [0, 0.1) is 0 Å². The van der Waals surface area contributed by atoms with Crippen molar-refractivity contribution in [1.82, 2.24) is 20.1 Å². The van der Waals surface area contributed by atoms with E-state index in [9.17, 15) is 8.78 Å². The number of halogens is 2. The molecule has 1 N–H and O–H groups in total. The Morgan fingerprint density at radius 3 is 2.72 bits per heavy atom. The smallest absolute Gasteiger partial charge is 0.387 e. The molecule has 0 spiro atoms. The van der Waals surface area contributed by atoms with Crippen LogP contribution < -0.4 is 10.1 Å². The Kier molecular flexibility index (Phi) is 5.35. The van der Waals surface area contributed by atoms with Gasteiger partial charge in [0.25, 0.3) is 0 Å². The predicted molar refractivity (Wildman–Crippen MR) is 90.1 cm³/mol. The molecule has 0 amide bonds. The molecule has 5 nitrogen and oxygen atoms in total. The molecule has 25 heavy (non-hydrogen) atoms. The third-order valence-corrected chi connectivity index (χ3v) is 3.63. The quantitative estimate of drug-likeness (QED) is 0.714. The minimum Gasteiger partial charge on any atom is -0.435 e. The standard InChI is InChI=1S/C18H18F2N4O/c1-24-12-15(17(23-24)14-5-7-21-8-6-14)11-22-10-13-3-2-4-16(9-13)25-18(19)20/h2-9,12,18,22H,10-11H2,1H3. The van der Waals surface area contributed by atoms with Gasteiger partial charge in [0.2, 0.25) is 0 Å². The first kappa shape index (κ1) is 17.0. The predicted octanol–water partition coefficient (Wildman–Crippen LogP) is 3.37. The number of rotatable bonds is 7. The first-order valence-electron chi connectivity index (χ1n) is 7.79. The molecule has 0 aliphatic carbocycles. The van der Waals surface area contributed by atoms with Gasteiger partial charge in [-0.3, -0.25) is 9.67 Å². The van der Waals surface area contributed by atoms with Gasteiger partial charge in [-0.15, -0.1) is 0 Å². The van der Waals surface area contributed by atoms with Gasteiger partial charge in [-0.1, -0.05) is 12.1 Å². The Hall–Kier alpha value is -2.80. The molecule has 0 aliphatic rings. The lowest BCUT2D eigenvalue weighted by Gasteiger charge is -2.08. The summed E-state index contributed by atoms with van der Waals surface area (Å²) in [5.41, 5.74) is 3.81. The van der Waals surface area contributed by atoms with E-state index in [4.69, 9.17) is 0 Å². The van der Waals surface area contributed by atoms with Crippen molar-refractivity contribution >= 4 is 0 Å². The largest absolute Gasteiger partial charge is 0.435 e. The molecule has 0 saturated heterocycles. The summed E-state index contributed by atoms with van der Waals surface area (Å²) in [6.45, 7) is -1.68. The average molecular weight is 344 g/mol. The number of pyridine rings is 1. The molecule has 0 fully saturated rings. The maximum absolute atomic E-state index is 12.3. The molecule has 1 aromatic carbocycles. The van der Waals surface area contributed by atoms with E-state index in [1.807, 2.05) is 31.4 Å². The first-order valence-corrected chi connectivity index (χ1v) is 7.79. The monoisotopic (exact) mass is 344 g/mol. The number of hydrogen-bond donors (Lipinski definition) is 1. The van der Waals surface area contributed by atoms with Crippen molar-refractivity contribution < 1.29 is 13.5 Å². The van der Waals surface area contributed by atoms with Crippen molar-refractivity contribution in [2.45, 2.75) is 19.7 Å². The van der Waals surface area contributed by atoms with Crippen molar-refractivity contribution in [3.63, 3.8) is 0 Å². The zero-order valence-corrected chi connectivity index (χ0v) is 13.7. The van der Waals surface area contributed by atoms with Crippen molar-refractivity contribution in [2.75, 3.05) is 0 Å². The highest BCUT2D eigenvalue weighted by Gasteiger charge is 2.10. The highest BCUT2D eigenvalue weighted by Crippen LogP contribution is 2.21. The fourth-order valence-electron chi connectivity index (χ4n) is 2.59. The maximum Gasteiger partial charge on any atom is 0.387 e. The Morgan fingerprint density at radius 1 is 1.16 bits per heavy atom. The van der Waals surface area contributed by atoms with E-state index in [1.54, 1.807) is 29.2 Å². The van der Waals surface area contributed by atoms with Gasteiger partial charge in [-0.05, 0) is 29.8 Å². The Morgan fingerprint density at radius 2 is 1.96 bits per heavy atom. The van der Waals surface area contributed by atoms with Crippen LogP contribution in [-0.4, -0.2) is 21.4 Å². The van der Waals surface area contributed by atoms with Gasteiger partial charge >= 0.3 is 6.61 Å². The number of aryl methyl sites for hydroxylation is 1. The molecule has 0 atom stereocenters. The van der Waals surface area contributed by atoms with Crippen molar-refractivity contribution in [3.05, 3.63) is 66.1 Å². The zero-order valence-electron chi connectivity index (χ0n) is 13.7. The topological polar surface area (TPSA) is 52.0 Å². The highest BCUT2D eigenvalue weighted by atomic mass is 19.3. The van der Waals surface area contributed by atoms with Gasteiger partial charge in [-0.2, -0.15) is 13.9 Å². The molecule has 7 heteroatoms. The second kappa shape index (κ2) is 7.85. The minimum absolute atomic E-state index is 0.160. The molecule has 0 aliphatic heterocycles. The molecule has 3 aromatic rings. The van der Waals surface area contributed by atoms with Crippen LogP contribution >= 0.6 is 0 Å². The van der Waals surface area contributed by atoms with Crippen LogP contribution in [0.5, 0.6) is 5.75 Å². The van der Waals surface area contributed by atoms with E-state index in [1.165, 1.54) is 6.07 Å². The number of nitrogens with one attached hydrogen (secondary N) is 1. The van der Waals surface area contributed by atoms with Gasteiger partial charge in [-0.25, -0.2) is 0 Å². The van der Waals surface area contributed by atoms with Gasteiger partial charge in [0.15, 0.2) is 0 Å². The number of nitrogens with zero attached hydrogens (tertiary/aromatic N) is 3. The molecule has 3 rings (SSSR count). The molecule has 0 bridgehead atoms. The summed E-state index contributed by atoms with van der Waals surface area (Å²) in [4.78, 5) is 4.02. The fraction of sp³-hybridized carbons (Fsp3) is 0.222. The molecule has 0 saturated carbocycles. The van der Waals surface area contributed by atoms with Crippen LogP contribution in [0.25, 0.3) is 11.3 Å². The van der Waals surface area contributed by atoms with Crippen LogP contribution in [0.15, 0.2) is 55.0 Å². The van der Waals surface area contributed by atoms with E-state index >= 15 is 0 Å². The number of hydrogen-bond acceptors (Lipinski definition) is 4. The van der Waals surface area contributed by atoms with Gasteiger partial charge in [0, 0.05) is 49.9 Å². The summed E-state index contributed by atoms with van der Waals surface area (Å²) < 4.78 is 30.8. The third-order valence-electron chi connectivity index (χ3n) is 3.63. The van der Waals surface area contributed by atoms with Crippen molar-refractivity contribution in [3.8, 4) is 17.0 Å². The lowest BCUT2D eigenvalue weighted by molar-refractivity contribution is -0.0498. The van der Waals surface area contributed by atoms with E-state index in [0.717, 1.165) is 22.4 Å². The van der Waals surface area contributed by atoms with Crippen molar-refractivity contribution in [1.29, 1.82) is 0 Å². The third kappa shape index (κ3) is 4.60. The molecule has 2 aromatic heterocycles. The SMILES string of the molecule is Cn1cc(CNCc2cccc(OC(F)F)c2)c(-c2ccncc2)n1. The Balaban J connectivity index is 1.65. The van der Waals surface area contributed by atoms with Crippen molar-refractivity contribution in [2.24, 2.45) is 7.05 Å². The lowest BCUT2D eigenvalue weighted by Crippen LogP contribution is -2.13. The van der Waals surface area contributed by atoms with E-state index < -0.39 is 6.61 Å². The second-order valence-corrected chi connectivity index (χ2v) is 5.54. The summed E-state index contributed by atoms with van der Waals surface area (Å²) in [6, 6.07) is 10.5. The number of aromatic nitrogens is 3. The summed E-state index contributed by atoms with van der Waals surface area (Å²) in [5.74, 6) is 0.160. The summed E-state index contributed by atoms with van der Waals surface area (Å²) in [5, 5.41) is 7.81.